The van der Waals surface area contributed by atoms with Crippen LogP contribution in [0.2, 0.25) is 0 Å². The van der Waals surface area contributed by atoms with E-state index in [4.69, 9.17) is 9.69 Å². The van der Waals surface area contributed by atoms with E-state index in [1.807, 2.05) is 32.0 Å². The minimum absolute atomic E-state index is 0.255. The Labute approximate surface area is 78.8 Å². The lowest BCUT2D eigenvalue weighted by Crippen LogP contribution is -1.95. The zero-order valence-corrected chi connectivity index (χ0v) is 8.60. The number of rotatable bonds is 3. The molecule has 0 amide bonds. The molecule has 0 radical (unpaired) electrons. The van der Waals surface area contributed by atoms with Crippen molar-refractivity contribution in [2.75, 3.05) is 0 Å². The van der Waals surface area contributed by atoms with Crippen molar-refractivity contribution in [2.24, 2.45) is 0 Å². The molecule has 1 atom stereocenters. The Balaban J connectivity index is 2.72. The zero-order chi connectivity index (χ0) is 9.84. The highest BCUT2D eigenvalue weighted by Crippen LogP contribution is 2.17. The lowest BCUT2D eigenvalue weighted by atomic mass is 10.1. The Hall–Kier alpha value is -0.760. The van der Waals surface area contributed by atoms with E-state index < -0.39 is 8.17 Å². The molecule has 0 aliphatic heterocycles. The highest BCUT2D eigenvalue weighted by Gasteiger charge is 2.02. The van der Waals surface area contributed by atoms with Crippen molar-refractivity contribution in [3.05, 3.63) is 34.9 Å². The molecule has 0 saturated carbocycles. The third-order valence-electron chi connectivity index (χ3n) is 1.84. The average molecular weight is 197 g/mol. The molecule has 1 rings (SSSR count). The molecule has 1 aromatic carbocycles. The van der Waals surface area contributed by atoms with Crippen molar-refractivity contribution < 1.29 is 9.42 Å². The lowest BCUT2D eigenvalue weighted by Gasteiger charge is -2.03. The summed E-state index contributed by atoms with van der Waals surface area (Å²) >= 11 is 0. The highest BCUT2D eigenvalue weighted by molar-refractivity contribution is 7.31. The first kappa shape index (κ1) is 10.3. The van der Waals surface area contributed by atoms with Gasteiger partial charge in [-0.2, -0.15) is 4.52 Å². The van der Waals surface area contributed by atoms with Crippen LogP contribution in [0.25, 0.3) is 0 Å². The van der Waals surface area contributed by atoms with Gasteiger partial charge in [-0.05, 0) is 25.0 Å². The topological polar surface area (TPSA) is 56.1 Å². The first-order valence-electron chi connectivity index (χ1n) is 3.97. The van der Waals surface area contributed by atoms with Crippen LogP contribution in [0.15, 0.2) is 18.2 Å². The molecule has 0 spiro atoms. The first-order chi connectivity index (χ1) is 6.09. The summed E-state index contributed by atoms with van der Waals surface area (Å²) in [6.07, 6.45) is 0. The molecule has 0 fully saturated rings. The van der Waals surface area contributed by atoms with Crippen LogP contribution in [-0.4, -0.2) is 0 Å². The van der Waals surface area contributed by atoms with Gasteiger partial charge >= 0.3 is 8.17 Å². The third kappa shape index (κ3) is 3.23. The molecule has 1 unspecified atom stereocenters. The summed E-state index contributed by atoms with van der Waals surface area (Å²) in [6.45, 7) is 4.25. The number of aryl methyl sites for hydroxylation is 2. The Kier molecular flexibility index (Phi) is 3.55. The van der Waals surface area contributed by atoms with Gasteiger partial charge in [-0.15, -0.1) is 0 Å². The molecule has 13 heavy (non-hydrogen) atoms. The van der Waals surface area contributed by atoms with Crippen LogP contribution in [-0.2, 0) is 11.1 Å². The quantitative estimate of drug-likeness (QED) is 0.755. The first-order valence-corrected chi connectivity index (χ1v) is 5.15. The second-order valence-electron chi connectivity index (χ2n) is 2.96. The molecule has 0 bridgehead atoms. The Morgan fingerprint density at radius 2 is 2.15 bits per heavy atom. The fourth-order valence-corrected chi connectivity index (χ4v) is 1.39. The van der Waals surface area contributed by atoms with Crippen molar-refractivity contribution in [1.82, 2.24) is 0 Å². The number of hydrogen-bond donors (Lipinski definition) is 1. The molecule has 1 N–H and O–H groups in total. The van der Waals surface area contributed by atoms with E-state index in [0.29, 0.717) is 0 Å². The van der Waals surface area contributed by atoms with E-state index in [0.717, 1.165) is 11.1 Å². The summed E-state index contributed by atoms with van der Waals surface area (Å²) in [5.74, 6) is 0. The minimum atomic E-state index is -2.24. The van der Waals surface area contributed by atoms with Gasteiger partial charge in [-0.25, -0.2) is 0 Å². The normalized spacial score (nSPS) is 11.5. The molecule has 70 valence electrons. The number of hydrogen-bond acceptors (Lipinski definition) is 3. The van der Waals surface area contributed by atoms with Gasteiger partial charge in [-0.3, -0.25) is 0 Å². The van der Waals surface area contributed by atoms with Gasteiger partial charge in [0.15, 0.2) is 0 Å². The SMILES string of the molecule is Cc1ccc(CO[P+](=N)[O-])c(C)c1. The largest absolute Gasteiger partial charge is 0.584 e. The van der Waals surface area contributed by atoms with Crippen LogP contribution in [0.5, 0.6) is 0 Å². The summed E-state index contributed by atoms with van der Waals surface area (Å²) in [5.41, 5.74) is 3.29. The van der Waals surface area contributed by atoms with Crippen molar-refractivity contribution in [3.8, 4) is 0 Å². The second-order valence-corrected chi connectivity index (χ2v) is 3.73. The van der Waals surface area contributed by atoms with Crippen LogP contribution in [0, 0.1) is 19.0 Å². The van der Waals surface area contributed by atoms with E-state index in [9.17, 15) is 4.89 Å². The predicted octanol–water partition coefficient (Wildman–Crippen LogP) is 2.25. The second kappa shape index (κ2) is 4.47. The monoisotopic (exact) mass is 197 g/mol. The summed E-state index contributed by atoms with van der Waals surface area (Å²) in [6, 6.07) is 5.95. The fraction of sp³-hybridized carbons (Fsp3) is 0.333. The lowest BCUT2D eigenvalue weighted by molar-refractivity contribution is -0.177. The van der Waals surface area contributed by atoms with Gasteiger partial charge in [0.2, 0.25) is 0 Å². The highest BCUT2D eigenvalue weighted by atomic mass is 31.1. The molecular weight excluding hydrogens is 185 g/mol. The Bertz CT molecular complexity index is 325. The van der Waals surface area contributed by atoms with Crippen LogP contribution in [0.4, 0.5) is 0 Å². The zero-order valence-electron chi connectivity index (χ0n) is 7.70. The van der Waals surface area contributed by atoms with E-state index >= 15 is 0 Å². The van der Waals surface area contributed by atoms with Crippen molar-refractivity contribution in [1.29, 1.82) is 5.16 Å². The summed E-state index contributed by atoms with van der Waals surface area (Å²) < 4.78 is 4.72. The van der Waals surface area contributed by atoms with Gasteiger partial charge < -0.3 is 4.89 Å². The van der Waals surface area contributed by atoms with Crippen molar-refractivity contribution in [3.63, 3.8) is 0 Å². The molecule has 1 aromatic rings. The van der Waals surface area contributed by atoms with Crippen molar-refractivity contribution >= 4 is 8.17 Å². The molecule has 0 aromatic heterocycles. The molecule has 4 heteroatoms. The molecular formula is C9H12NO2P. The van der Waals surface area contributed by atoms with Gasteiger partial charge in [0.25, 0.3) is 0 Å². The van der Waals surface area contributed by atoms with Crippen LogP contribution in [0.1, 0.15) is 16.7 Å². The fourth-order valence-electron chi connectivity index (χ4n) is 1.14. The average Bonchev–Trinajstić information content (AvgIpc) is 2.02. The maximum atomic E-state index is 10.4. The van der Waals surface area contributed by atoms with Crippen molar-refractivity contribution in [2.45, 2.75) is 20.5 Å². The molecule has 0 aliphatic rings. The number of benzene rings is 1. The molecule has 3 nitrogen and oxygen atoms in total. The van der Waals surface area contributed by atoms with Gasteiger partial charge in [0, 0.05) is 0 Å². The minimum Gasteiger partial charge on any atom is -0.584 e. The van der Waals surface area contributed by atoms with Gasteiger partial charge in [0.1, 0.15) is 6.61 Å². The van der Waals surface area contributed by atoms with E-state index in [1.54, 1.807) is 0 Å². The third-order valence-corrected chi connectivity index (χ3v) is 2.20. The van der Waals surface area contributed by atoms with E-state index in [1.165, 1.54) is 5.56 Å². The molecule has 0 aliphatic carbocycles. The molecule has 0 heterocycles. The maximum absolute atomic E-state index is 10.4. The Morgan fingerprint density at radius 3 is 2.69 bits per heavy atom. The van der Waals surface area contributed by atoms with E-state index in [-0.39, 0.29) is 6.61 Å². The van der Waals surface area contributed by atoms with Gasteiger partial charge in [0.05, 0.1) is 0 Å². The maximum Gasteiger partial charge on any atom is 0.339 e. The standard InChI is InChI=1S/C9H12NO2P/c1-7-3-4-9(8(2)5-7)6-12-13(10)11/h3-5,10H,6H2,1-2H3. The molecule has 0 saturated heterocycles. The number of nitrogens with one attached hydrogen (secondary N) is 1. The predicted molar refractivity (Wildman–Crippen MR) is 50.3 cm³/mol. The summed E-state index contributed by atoms with van der Waals surface area (Å²) in [4.78, 5) is 10.4. The van der Waals surface area contributed by atoms with Crippen LogP contribution in [0.3, 0.4) is 0 Å². The smallest absolute Gasteiger partial charge is 0.339 e. The van der Waals surface area contributed by atoms with E-state index in [2.05, 4.69) is 0 Å². The van der Waals surface area contributed by atoms with Crippen LogP contribution < -0.4 is 4.89 Å². The van der Waals surface area contributed by atoms with Gasteiger partial charge in [-0.1, -0.05) is 28.9 Å². The van der Waals surface area contributed by atoms with Crippen LogP contribution >= 0.6 is 8.17 Å². The Morgan fingerprint density at radius 1 is 1.46 bits per heavy atom. The summed E-state index contributed by atoms with van der Waals surface area (Å²) in [5, 5.41) is 6.73. The summed E-state index contributed by atoms with van der Waals surface area (Å²) in [7, 11) is -2.24.